The molecule has 0 saturated carbocycles. The lowest BCUT2D eigenvalue weighted by atomic mass is 10.1. The summed E-state index contributed by atoms with van der Waals surface area (Å²) < 4.78 is 0. The van der Waals surface area contributed by atoms with Crippen LogP contribution < -0.4 is 4.90 Å². The van der Waals surface area contributed by atoms with Crippen LogP contribution in [-0.2, 0) is 13.1 Å². The van der Waals surface area contributed by atoms with E-state index in [0.29, 0.717) is 18.8 Å². The largest absolute Gasteiger partial charge is 0.478 e. The van der Waals surface area contributed by atoms with E-state index < -0.39 is 10.9 Å². The van der Waals surface area contributed by atoms with Gasteiger partial charge in [0, 0.05) is 19.2 Å². The van der Waals surface area contributed by atoms with Crippen molar-refractivity contribution in [2.45, 2.75) is 13.1 Å². The quantitative estimate of drug-likeness (QED) is 0.692. The Labute approximate surface area is 120 Å². The van der Waals surface area contributed by atoms with Crippen LogP contribution in [0.2, 0.25) is 0 Å². The molecular formula is C15H12N2O4. The van der Waals surface area contributed by atoms with Crippen molar-refractivity contribution < 1.29 is 14.8 Å². The fraction of sp³-hybridized carbons (Fsp3) is 0.133. The number of carboxylic acids is 1. The highest BCUT2D eigenvalue weighted by molar-refractivity contribution is 5.88. The Morgan fingerprint density at radius 2 is 1.86 bits per heavy atom. The molecule has 1 N–H and O–H groups in total. The van der Waals surface area contributed by atoms with Crippen LogP contribution in [0.25, 0.3) is 0 Å². The van der Waals surface area contributed by atoms with Crippen LogP contribution in [0, 0.1) is 10.1 Å². The zero-order valence-electron chi connectivity index (χ0n) is 11.0. The third kappa shape index (κ3) is 2.31. The molecule has 0 spiro atoms. The fourth-order valence-electron chi connectivity index (χ4n) is 2.58. The molecule has 0 aliphatic carbocycles. The number of hydrogen-bond acceptors (Lipinski definition) is 4. The molecule has 1 aliphatic heterocycles. The SMILES string of the molecule is O=C(O)c1ccc2c(c1)CN(c1ccccc1[N+](=O)[O-])C2. The number of carboxylic acid groups (broad SMARTS) is 1. The molecule has 0 fully saturated rings. The second-order valence-corrected chi connectivity index (χ2v) is 4.89. The van der Waals surface area contributed by atoms with Gasteiger partial charge in [-0.2, -0.15) is 0 Å². The van der Waals surface area contributed by atoms with Crippen LogP contribution in [-0.4, -0.2) is 16.0 Å². The van der Waals surface area contributed by atoms with Crippen molar-refractivity contribution in [3.63, 3.8) is 0 Å². The van der Waals surface area contributed by atoms with Crippen molar-refractivity contribution in [1.29, 1.82) is 0 Å². The first kappa shape index (κ1) is 13.1. The number of rotatable bonds is 3. The standard InChI is InChI=1S/C15H12N2O4/c18-15(19)10-5-6-11-8-16(9-12(11)7-10)13-3-1-2-4-14(13)17(20)21/h1-7H,8-9H2,(H,18,19). The molecule has 0 bridgehead atoms. The smallest absolute Gasteiger partial charge is 0.335 e. The second-order valence-electron chi connectivity index (χ2n) is 4.89. The predicted molar refractivity (Wildman–Crippen MR) is 76.4 cm³/mol. The highest BCUT2D eigenvalue weighted by atomic mass is 16.6. The number of para-hydroxylation sites is 2. The van der Waals surface area contributed by atoms with Crippen molar-refractivity contribution in [3.05, 3.63) is 69.3 Å². The molecule has 106 valence electrons. The Morgan fingerprint density at radius 3 is 2.57 bits per heavy atom. The molecule has 1 aliphatic rings. The van der Waals surface area contributed by atoms with Crippen molar-refractivity contribution in [2.24, 2.45) is 0 Å². The number of aromatic carboxylic acids is 1. The third-order valence-corrected chi connectivity index (χ3v) is 3.59. The maximum absolute atomic E-state index is 11.1. The van der Waals surface area contributed by atoms with Gasteiger partial charge in [-0.3, -0.25) is 10.1 Å². The van der Waals surface area contributed by atoms with Crippen molar-refractivity contribution in [2.75, 3.05) is 4.90 Å². The van der Waals surface area contributed by atoms with Crippen LogP contribution >= 0.6 is 0 Å². The summed E-state index contributed by atoms with van der Waals surface area (Å²) in [5, 5.41) is 20.1. The first-order valence-corrected chi connectivity index (χ1v) is 6.40. The molecular weight excluding hydrogens is 272 g/mol. The highest BCUT2D eigenvalue weighted by Gasteiger charge is 2.25. The third-order valence-electron chi connectivity index (χ3n) is 3.59. The molecule has 6 heteroatoms. The summed E-state index contributed by atoms with van der Waals surface area (Å²) in [5.41, 5.74) is 2.74. The molecule has 0 radical (unpaired) electrons. The van der Waals surface area contributed by atoms with E-state index >= 15 is 0 Å². The number of nitro benzene ring substituents is 1. The van der Waals surface area contributed by atoms with Gasteiger partial charge in [0.25, 0.3) is 5.69 Å². The lowest BCUT2D eigenvalue weighted by Crippen LogP contribution is -2.15. The Kier molecular flexibility index (Phi) is 3.06. The second kappa shape index (κ2) is 4.90. The fourth-order valence-corrected chi connectivity index (χ4v) is 2.58. The Morgan fingerprint density at radius 1 is 1.14 bits per heavy atom. The minimum absolute atomic E-state index is 0.0590. The summed E-state index contributed by atoms with van der Waals surface area (Å²) in [6, 6.07) is 11.5. The van der Waals surface area contributed by atoms with Gasteiger partial charge in [0.15, 0.2) is 0 Å². The van der Waals surface area contributed by atoms with Gasteiger partial charge in [0.1, 0.15) is 5.69 Å². The van der Waals surface area contributed by atoms with E-state index in [-0.39, 0.29) is 11.3 Å². The molecule has 0 atom stereocenters. The normalized spacial score (nSPS) is 13.0. The molecule has 1 heterocycles. The Hall–Kier alpha value is -2.89. The number of nitro groups is 1. The topological polar surface area (TPSA) is 83.7 Å². The van der Waals surface area contributed by atoms with Gasteiger partial charge in [0.2, 0.25) is 0 Å². The number of carbonyl (C=O) groups is 1. The minimum atomic E-state index is -0.970. The zero-order valence-corrected chi connectivity index (χ0v) is 11.0. The van der Waals surface area contributed by atoms with Gasteiger partial charge < -0.3 is 10.0 Å². The number of nitrogens with zero attached hydrogens (tertiary/aromatic N) is 2. The first-order chi connectivity index (χ1) is 10.1. The van der Waals surface area contributed by atoms with Crippen LogP contribution in [0.3, 0.4) is 0 Å². The van der Waals surface area contributed by atoms with Crippen molar-refractivity contribution in [3.8, 4) is 0 Å². The van der Waals surface area contributed by atoms with Gasteiger partial charge in [-0.25, -0.2) is 4.79 Å². The van der Waals surface area contributed by atoms with E-state index in [9.17, 15) is 14.9 Å². The molecule has 21 heavy (non-hydrogen) atoms. The number of anilines is 1. The lowest BCUT2D eigenvalue weighted by molar-refractivity contribution is -0.384. The number of hydrogen-bond donors (Lipinski definition) is 1. The first-order valence-electron chi connectivity index (χ1n) is 6.40. The van der Waals surface area contributed by atoms with E-state index in [1.165, 1.54) is 6.07 Å². The van der Waals surface area contributed by atoms with Crippen LogP contribution in [0.15, 0.2) is 42.5 Å². The van der Waals surface area contributed by atoms with E-state index in [4.69, 9.17) is 5.11 Å². The van der Waals surface area contributed by atoms with Gasteiger partial charge >= 0.3 is 5.97 Å². The Balaban J connectivity index is 1.95. The summed E-state index contributed by atoms with van der Waals surface area (Å²) in [5.74, 6) is -0.970. The summed E-state index contributed by atoms with van der Waals surface area (Å²) in [4.78, 5) is 23.6. The summed E-state index contributed by atoms with van der Waals surface area (Å²) in [6.45, 7) is 1.02. The van der Waals surface area contributed by atoms with Gasteiger partial charge in [0.05, 0.1) is 10.5 Å². The van der Waals surface area contributed by atoms with Crippen molar-refractivity contribution >= 4 is 17.3 Å². The zero-order chi connectivity index (χ0) is 15.0. The molecule has 0 saturated heterocycles. The van der Waals surface area contributed by atoms with E-state index in [2.05, 4.69) is 0 Å². The Bertz CT molecular complexity index is 742. The maximum Gasteiger partial charge on any atom is 0.335 e. The average molecular weight is 284 g/mol. The monoisotopic (exact) mass is 284 g/mol. The summed E-state index contributed by atoms with van der Waals surface area (Å²) >= 11 is 0. The van der Waals surface area contributed by atoms with E-state index in [0.717, 1.165) is 11.1 Å². The predicted octanol–water partition coefficient (Wildman–Crippen LogP) is 2.81. The maximum atomic E-state index is 11.1. The molecule has 6 nitrogen and oxygen atoms in total. The summed E-state index contributed by atoms with van der Waals surface area (Å²) in [6.07, 6.45) is 0. The van der Waals surface area contributed by atoms with Gasteiger partial charge in [-0.05, 0) is 29.3 Å². The van der Waals surface area contributed by atoms with Gasteiger partial charge in [-0.15, -0.1) is 0 Å². The lowest BCUT2D eigenvalue weighted by Gasteiger charge is -2.17. The minimum Gasteiger partial charge on any atom is -0.478 e. The van der Waals surface area contributed by atoms with Crippen LogP contribution in [0.5, 0.6) is 0 Å². The average Bonchev–Trinajstić information content (AvgIpc) is 2.89. The molecule has 3 rings (SSSR count). The number of benzene rings is 2. The van der Waals surface area contributed by atoms with Crippen LogP contribution in [0.1, 0.15) is 21.5 Å². The van der Waals surface area contributed by atoms with E-state index in [1.807, 2.05) is 4.90 Å². The van der Waals surface area contributed by atoms with Crippen molar-refractivity contribution in [1.82, 2.24) is 0 Å². The summed E-state index contributed by atoms with van der Waals surface area (Å²) in [7, 11) is 0. The molecule has 0 amide bonds. The molecule has 0 aromatic heterocycles. The highest BCUT2D eigenvalue weighted by Crippen LogP contribution is 2.34. The molecule has 2 aromatic rings. The molecule has 0 unspecified atom stereocenters. The van der Waals surface area contributed by atoms with E-state index in [1.54, 1.807) is 36.4 Å². The van der Waals surface area contributed by atoms with Crippen LogP contribution in [0.4, 0.5) is 11.4 Å². The number of fused-ring (bicyclic) bond motifs is 1. The van der Waals surface area contributed by atoms with Gasteiger partial charge in [-0.1, -0.05) is 18.2 Å². The molecule has 2 aromatic carbocycles.